The molecule has 15 heavy (non-hydrogen) atoms. The third kappa shape index (κ3) is 1.92. The normalized spacial score (nSPS) is 23.4. The Bertz CT molecular complexity index is 365. The molecule has 1 heterocycles. The van der Waals surface area contributed by atoms with Crippen LogP contribution in [0.2, 0.25) is 0 Å². The molecule has 1 N–H and O–H groups in total. The standard InChI is InChI=1S/C12H17NO2/c1-12(8-14-2)7-9-4-5-10(15-3)6-11(9)13-12/h4-6,13H,7-8H2,1-3H3. The molecule has 1 aromatic carbocycles. The first kappa shape index (κ1) is 10.3. The molecule has 1 aliphatic rings. The number of rotatable bonds is 3. The maximum Gasteiger partial charge on any atom is 0.120 e. The molecule has 0 radical (unpaired) electrons. The Labute approximate surface area is 90.4 Å². The zero-order valence-corrected chi connectivity index (χ0v) is 9.46. The number of anilines is 1. The van der Waals surface area contributed by atoms with Gasteiger partial charge in [-0.2, -0.15) is 0 Å². The van der Waals surface area contributed by atoms with Crippen molar-refractivity contribution in [2.45, 2.75) is 18.9 Å². The zero-order chi connectivity index (χ0) is 10.9. The first-order chi connectivity index (χ1) is 7.17. The van der Waals surface area contributed by atoms with E-state index in [1.165, 1.54) is 5.56 Å². The van der Waals surface area contributed by atoms with E-state index in [0.29, 0.717) is 6.61 Å². The molecule has 1 unspecified atom stereocenters. The SMILES string of the molecule is COCC1(C)Cc2ccc(OC)cc2N1. The molecule has 0 aromatic heterocycles. The van der Waals surface area contributed by atoms with Gasteiger partial charge in [-0.15, -0.1) is 0 Å². The van der Waals surface area contributed by atoms with Gasteiger partial charge in [0.1, 0.15) is 5.75 Å². The summed E-state index contributed by atoms with van der Waals surface area (Å²) >= 11 is 0. The van der Waals surface area contributed by atoms with E-state index >= 15 is 0 Å². The van der Waals surface area contributed by atoms with E-state index in [1.54, 1.807) is 14.2 Å². The molecule has 0 bridgehead atoms. The Morgan fingerprint density at radius 1 is 1.40 bits per heavy atom. The van der Waals surface area contributed by atoms with Gasteiger partial charge in [0.2, 0.25) is 0 Å². The van der Waals surface area contributed by atoms with Gasteiger partial charge in [-0.1, -0.05) is 6.07 Å². The van der Waals surface area contributed by atoms with Crippen molar-refractivity contribution in [3.8, 4) is 5.75 Å². The fourth-order valence-electron chi connectivity index (χ4n) is 2.15. The van der Waals surface area contributed by atoms with Crippen LogP contribution < -0.4 is 10.1 Å². The Morgan fingerprint density at radius 3 is 2.87 bits per heavy atom. The Kier molecular flexibility index (Phi) is 2.57. The van der Waals surface area contributed by atoms with Gasteiger partial charge in [0, 0.05) is 18.9 Å². The summed E-state index contributed by atoms with van der Waals surface area (Å²) in [5.74, 6) is 0.892. The first-order valence-corrected chi connectivity index (χ1v) is 5.11. The van der Waals surface area contributed by atoms with Crippen LogP contribution in [-0.2, 0) is 11.2 Å². The van der Waals surface area contributed by atoms with Gasteiger partial charge < -0.3 is 14.8 Å². The summed E-state index contributed by atoms with van der Waals surface area (Å²) in [4.78, 5) is 0. The molecule has 0 aliphatic carbocycles. The van der Waals surface area contributed by atoms with E-state index in [1.807, 2.05) is 12.1 Å². The lowest BCUT2D eigenvalue weighted by Gasteiger charge is -2.23. The summed E-state index contributed by atoms with van der Waals surface area (Å²) in [6.07, 6.45) is 1.00. The maximum absolute atomic E-state index is 5.22. The number of methoxy groups -OCH3 is 2. The van der Waals surface area contributed by atoms with E-state index in [0.717, 1.165) is 17.9 Å². The Balaban J connectivity index is 2.23. The van der Waals surface area contributed by atoms with Crippen molar-refractivity contribution in [1.29, 1.82) is 0 Å². The lowest BCUT2D eigenvalue weighted by Crippen LogP contribution is -2.37. The molecule has 0 spiro atoms. The Morgan fingerprint density at radius 2 is 2.20 bits per heavy atom. The van der Waals surface area contributed by atoms with Crippen molar-refractivity contribution in [3.63, 3.8) is 0 Å². The minimum absolute atomic E-state index is 0.0173. The second-order valence-electron chi connectivity index (χ2n) is 4.32. The van der Waals surface area contributed by atoms with Crippen LogP contribution in [0, 0.1) is 0 Å². The molecule has 1 aliphatic heterocycles. The quantitative estimate of drug-likeness (QED) is 0.823. The van der Waals surface area contributed by atoms with Crippen molar-refractivity contribution in [2.24, 2.45) is 0 Å². The summed E-state index contributed by atoms with van der Waals surface area (Å²) in [6.45, 7) is 2.88. The van der Waals surface area contributed by atoms with Crippen molar-refractivity contribution >= 4 is 5.69 Å². The molecule has 3 heteroatoms. The van der Waals surface area contributed by atoms with Crippen LogP contribution in [0.25, 0.3) is 0 Å². The van der Waals surface area contributed by atoms with Crippen LogP contribution in [-0.4, -0.2) is 26.4 Å². The number of benzene rings is 1. The third-order valence-electron chi connectivity index (χ3n) is 2.80. The molecule has 3 nitrogen and oxygen atoms in total. The molecule has 2 rings (SSSR count). The van der Waals surface area contributed by atoms with Crippen LogP contribution >= 0.6 is 0 Å². The smallest absolute Gasteiger partial charge is 0.120 e. The van der Waals surface area contributed by atoms with Crippen LogP contribution in [0.3, 0.4) is 0 Å². The highest BCUT2D eigenvalue weighted by atomic mass is 16.5. The zero-order valence-electron chi connectivity index (χ0n) is 9.46. The summed E-state index contributed by atoms with van der Waals surface area (Å²) in [6, 6.07) is 6.15. The van der Waals surface area contributed by atoms with E-state index in [9.17, 15) is 0 Å². The van der Waals surface area contributed by atoms with Gasteiger partial charge in [0.05, 0.1) is 19.3 Å². The third-order valence-corrected chi connectivity index (χ3v) is 2.80. The molecular formula is C12H17NO2. The summed E-state index contributed by atoms with van der Waals surface area (Å²) < 4.78 is 10.4. The minimum atomic E-state index is 0.0173. The van der Waals surface area contributed by atoms with Gasteiger partial charge in [0.15, 0.2) is 0 Å². The van der Waals surface area contributed by atoms with Crippen molar-refractivity contribution < 1.29 is 9.47 Å². The van der Waals surface area contributed by atoms with Crippen molar-refractivity contribution in [2.75, 3.05) is 26.1 Å². The average molecular weight is 207 g/mol. The maximum atomic E-state index is 5.22. The number of hydrogen-bond donors (Lipinski definition) is 1. The van der Waals surface area contributed by atoms with Gasteiger partial charge in [-0.05, 0) is 25.0 Å². The molecule has 0 saturated carbocycles. The van der Waals surface area contributed by atoms with Crippen molar-refractivity contribution in [1.82, 2.24) is 0 Å². The van der Waals surface area contributed by atoms with Gasteiger partial charge in [-0.3, -0.25) is 0 Å². The molecule has 0 amide bonds. The average Bonchev–Trinajstić information content (AvgIpc) is 2.53. The van der Waals surface area contributed by atoms with Gasteiger partial charge >= 0.3 is 0 Å². The van der Waals surface area contributed by atoms with E-state index in [-0.39, 0.29) is 5.54 Å². The monoisotopic (exact) mass is 207 g/mol. The van der Waals surface area contributed by atoms with E-state index < -0.39 is 0 Å². The van der Waals surface area contributed by atoms with Crippen LogP contribution in [0.15, 0.2) is 18.2 Å². The van der Waals surface area contributed by atoms with Crippen LogP contribution in [0.4, 0.5) is 5.69 Å². The highest BCUT2D eigenvalue weighted by molar-refractivity contribution is 5.61. The topological polar surface area (TPSA) is 30.5 Å². The number of nitrogens with one attached hydrogen (secondary N) is 1. The second kappa shape index (κ2) is 3.74. The highest BCUT2D eigenvalue weighted by Crippen LogP contribution is 2.34. The fraction of sp³-hybridized carbons (Fsp3) is 0.500. The number of hydrogen-bond acceptors (Lipinski definition) is 3. The Hall–Kier alpha value is -1.22. The largest absolute Gasteiger partial charge is 0.497 e. The predicted octanol–water partition coefficient (Wildman–Crippen LogP) is 2.07. The number of ether oxygens (including phenoxy) is 2. The summed E-state index contributed by atoms with van der Waals surface area (Å²) in [5, 5.41) is 3.48. The van der Waals surface area contributed by atoms with Crippen molar-refractivity contribution in [3.05, 3.63) is 23.8 Å². The fourth-order valence-corrected chi connectivity index (χ4v) is 2.15. The molecular weight excluding hydrogens is 190 g/mol. The minimum Gasteiger partial charge on any atom is -0.497 e. The van der Waals surface area contributed by atoms with Crippen LogP contribution in [0.1, 0.15) is 12.5 Å². The predicted molar refractivity (Wildman–Crippen MR) is 60.6 cm³/mol. The molecule has 0 fully saturated rings. The number of fused-ring (bicyclic) bond motifs is 1. The molecule has 82 valence electrons. The van der Waals surface area contributed by atoms with Crippen LogP contribution in [0.5, 0.6) is 5.75 Å². The first-order valence-electron chi connectivity index (χ1n) is 5.11. The molecule has 1 atom stereocenters. The molecule has 1 aromatic rings. The highest BCUT2D eigenvalue weighted by Gasteiger charge is 2.32. The lowest BCUT2D eigenvalue weighted by atomic mass is 9.99. The van der Waals surface area contributed by atoms with E-state index in [4.69, 9.17) is 9.47 Å². The summed E-state index contributed by atoms with van der Waals surface area (Å²) in [5.41, 5.74) is 2.51. The van der Waals surface area contributed by atoms with E-state index in [2.05, 4.69) is 18.3 Å². The van der Waals surface area contributed by atoms with Gasteiger partial charge in [-0.25, -0.2) is 0 Å². The molecule has 0 saturated heterocycles. The second-order valence-corrected chi connectivity index (χ2v) is 4.32. The summed E-state index contributed by atoms with van der Waals surface area (Å²) in [7, 11) is 3.42. The lowest BCUT2D eigenvalue weighted by molar-refractivity contribution is 0.153. The van der Waals surface area contributed by atoms with Gasteiger partial charge in [0.25, 0.3) is 0 Å².